The summed E-state index contributed by atoms with van der Waals surface area (Å²) < 4.78 is 31.7. The summed E-state index contributed by atoms with van der Waals surface area (Å²) in [6.07, 6.45) is 1.56. The smallest absolute Gasteiger partial charge is 0.189 e. The van der Waals surface area contributed by atoms with Crippen molar-refractivity contribution in [3.63, 3.8) is 0 Å². The Labute approximate surface area is 183 Å². The molecule has 0 saturated heterocycles. The minimum atomic E-state index is -3.81. The van der Waals surface area contributed by atoms with Gasteiger partial charge in [-0.15, -0.1) is 0 Å². The van der Waals surface area contributed by atoms with Gasteiger partial charge in [0.25, 0.3) is 0 Å². The standard InChI is InChI=1S/C22H30N4O4S/c1-13-14(2)25-26-20(13)24-16-10-11-23-18-15(16)8-9-17(30-12-22(6,7)27)19(18)31(28,29)21(3,4)5/h8-11,27H,12H2,1-7H3,(H2,23,24,25,26). The number of sulfone groups is 1. The molecule has 0 aliphatic carbocycles. The monoisotopic (exact) mass is 446 g/mol. The number of aliphatic hydroxyl groups is 1. The quantitative estimate of drug-likeness (QED) is 0.523. The van der Waals surface area contributed by atoms with Gasteiger partial charge in [0.05, 0.1) is 21.6 Å². The predicted octanol–water partition coefficient (Wildman–Crippen LogP) is 4.04. The molecule has 2 aromatic heterocycles. The maximum absolute atomic E-state index is 13.5. The number of hydrogen-bond acceptors (Lipinski definition) is 7. The fourth-order valence-corrected chi connectivity index (χ4v) is 4.37. The molecule has 2 heterocycles. The van der Waals surface area contributed by atoms with E-state index in [2.05, 4.69) is 20.5 Å². The number of aromatic amines is 1. The van der Waals surface area contributed by atoms with Crippen molar-refractivity contribution in [3.8, 4) is 5.75 Å². The van der Waals surface area contributed by atoms with Gasteiger partial charge in [0, 0.05) is 22.8 Å². The first-order valence-electron chi connectivity index (χ1n) is 10.0. The molecule has 0 saturated carbocycles. The SMILES string of the molecule is Cc1[nH]nc(Nc2ccnc3c(S(=O)(=O)C(C)(C)C)c(OCC(C)(C)O)ccc23)c1C. The van der Waals surface area contributed by atoms with Crippen molar-refractivity contribution in [1.29, 1.82) is 0 Å². The van der Waals surface area contributed by atoms with E-state index in [0.29, 0.717) is 22.4 Å². The largest absolute Gasteiger partial charge is 0.489 e. The van der Waals surface area contributed by atoms with E-state index in [9.17, 15) is 13.5 Å². The van der Waals surface area contributed by atoms with Crippen molar-refractivity contribution >= 4 is 32.2 Å². The van der Waals surface area contributed by atoms with Crippen molar-refractivity contribution in [1.82, 2.24) is 15.2 Å². The van der Waals surface area contributed by atoms with Gasteiger partial charge in [-0.2, -0.15) is 5.10 Å². The second-order valence-electron chi connectivity index (χ2n) is 9.31. The first-order chi connectivity index (χ1) is 14.2. The zero-order valence-electron chi connectivity index (χ0n) is 19.0. The molecule has 0 aliphatic rings. The normalized spacial score (nSPS) is 12.9. The third-order valence-corrected chi connectivity index (χ3v) is 7.54. The van der Waals surface area contributed by atoms with Crippen molar-refractivity contribution < 1.29 is 18.3 Å². The van der Waals surface area contributed by atoms with Gasteiger partial charge in [0.2, 0.25) is 0 Å². The summed E-state index contributed by atoms with van der Waals surface area (Å²) in [6, 6.07) is 5.15. The van der Waals surface area contributed by atoms with Crippen LogP contribution in [0.25, 0.3) is 10.9 Å². The number of ether oxygens (including phenoxy) is 1. The number of benzene rings is 1. The Balaban J connectivity index is 2.23. The zero-order valence-corrected chi connectivity index (χ0v) is 19.8. The van der Waals surface area contributed by atoms with Crippen LogP contribution in [0.2, 0.25) is 0 Å². The van der Waals surface area contributed by atoms with Crippen LogP contribution in [0.1, 0.15) is 45.9 Å². The van der Waals surface area contributed by atoms with E-state index >= 15 is 0 Å². The van der Waals surface area contributed by atoms with Crippen LogP contribution < -0.4 is 10.1 Å². The van der Waals surface area contributed by atoms with Crippen LogP contribution in [-0.4, -0.2) is 45.7 Å². The summed E-state index contributed by atoms with van der Waals surface area (Å²) in [5.41, 5.74) is 1.78. The Morgan fingerprint density at radius 2 is 1.81 bits per heavy atom. The van der Waals surface area contributed by atoms with E-state index in [1.54, 1.807) is 59.0 Å². The van der Waals surface area contributed by atoms with Gasteiger partial charge in [-0.3, -0.25) is 10.1 Å². The molecule has 1 aromatic carbocycles. The van der Waals surface area contributed by atoms with Gasteiger partial charge < -0.3 is 15.2 Å². The molecule has 8 nitrogen and oxygen atoms in total. The lowest BCUT2D eigenvalue weighted by molar-refractivity contribution is 0.0275. The second kappa shape index (κ2) is 7.80. The highest BCUT2D eigenvalue weighted by atomic mass is 32.2. The zero-order chi connectivity index (χ0) is 23.2. The molecule has 3 N–H and O–H groups in total. The molecule has 0 unspecified atom stereocenters. The Morgan fingerprint density at radius 1 is 1.13 bits per heavy atom. The molecule has 0 radical (unpaired) electrons. The van der Waals surface area contributed by atoms with E-state index in [1.807, 2.05) is 13.8 Å². The molecule has 0 bridgehead atoms. The Hall–Kier alpha value is -2.65. The van der Waals surface area contributed by atoms with Crippen molar-refractivity contribution in [2.45, 2.75) is 63.7 Å². The molecule has 0 atom stereocenters. The summed E-state index contributed by atoms with van der Waals surface area (Å²) in [7, 11) is -3.81. The van der Waals surface area contributed by atoms with E-state index in [1.165, 1.54) is 0 Å². The van der Waals surface area contributed by atoms with E-state index in [4.69, 9.17) is 4.74 Å². The first kappa shape index (κ1) is 23.0. The average Bonchev–Trinajstić information content (AvgIpc) is 2.96. The fourth-order valence-electron chi connectivity index (χ4n) is 2.95. The predicted molar refractivity (Wildman–Crippen MR) is 122 cm³/mol. The topological polar surface area (TPSA) is 117 Å². The Morgan fingerprint density at radius 3 is 2.35 bits per heavy atom. The van der Waals surface area contributed by atoms with Crippen LogP contribution in [0.3, 0.4) is 0 Å². The van der Waals surface area contributed by atoms with Crippen molar-refractivity contribution in [2.24, 2.45) is 0 Å². The van der Waals surface area contributed by atoms with E-state index < -0.39 is 20.2 Å². The molecular weight excluding hydrogens is 416 g/mol. The van der Waals surface area contributed by atoms with Crippen LogP contribution in [0.15, 0.2) is 29.3 Å². The lowest BCUT2D eigenvalue weighted by Gasteiger charge is -2.24. The molecule has 3 aromatic rings. The highest BCUT2D eigenvalue weighted by Crippen LogP contribution is 2.39. The summed E-state index contributed by atoms with van der Waals surface area (Å²) in [5, 5.41) is 21.2. The highest BCUT2D eigenvalue weighted by Gasteiger charge is 2.36. The van der Waals surface area contributed by atoms with Crippen LogP contribution in [0.4, 0.5) is 11.5 Å². The molecule has 0 spiro atoms. The third-order valence-electron chi connectivity index (χ3n) is 4.99. The Bertz CT molecular complexity index is 1220. The lowest BCUT2D eigenvalue weighted by atomic mass is 10.1. The van der Waals surface area contributed by atoms with Crippen LogP contribution in [0.5, 0.6) is 5.75 Å². The number of aryl methyl sites for hydroxylation is 1. The molecule has 0 aliphatic heterocycles. The van der Waals surface area contributed by atoms with Crippen LogP contribution in [0, 0.1) is 13.8 Å². The third kappa shape index (κ3) is 4.52. The molecule has 3 rings (SSSR count). The average molecular weight is 447 g/mol. The number of anilines is 2. The van der Waals surface area contributed by atoms with Gasteiger partial charge in [0.1, 0.15) is 17.3 Å². The number of rotatable bonds is 6. The number of hydrogen-bond donors (Lipinski definition) is 3. The van der Waals surface area contributed by atoms with Crippen LogP contribution >= 0.6 is 0 Å². The summed E-state index contributed by atoms with van der Waals surface area (Å²) in [6.45, 7) is 11.9. The lowest BCUT2D eigenvalue weighted by Crippen LogP contribution is -2.31. The number of pyridine rings is 1. The van der Waals surface area contributed by atoms with Crippen LogP contribution in [-0.2, 0) is 9.84 Å². The highest BCUT2D eigenvalue weighted by molar-refractivity contribution is 7.93. The fraction of sp³-hybridized carbons (Fsp3) is 0.455. The molecule has 0 amide bonds. The summed E-state index contributed by atoms with van der Waals surface area (Å²) in [4.78, 5) is 4.42. The Kier molecular flexibility index (Phi) is 5.79. The van der Waals surface area contributed by atoms with Crippen molar-refractivity contribution in [2.75, 3.05) is 11.9 Å². The number of nitrogens with zero attached hydrogens (tertiary/aromatic N) is 2. The molecule has 9 heteroatoms. The minimum Gasteiger partial charge on any atom is -0.489 e. The molecule has 168 valence electrons. The van der Waals surface area contributed by atoms with E-state index in [0.717, 1.165) is 11.3 Å². The first-order valence-corrected chi connectivity index (χ1v) is 11.5. The summed E-state index contributed by atoms with van der Waals surface area (Å²) in [5.74, 6) is 0.827. The maximum atomic E-state index is 13.5. The molecular formula is C22H30N4O4S. The van der Waals surface area contributed by atoms with Gasteiger partial charge in [-0.25, -0.2) is 8.42 Å². The number of nitrogens with one attached hydrogen (secondary N) is 2. The molecule has 0 fully saturated rings. The second-order valence-corrected chi connectivity index (χ2v) is 12.0. The van der Waals surface area contributed by atoms with Crippen molar-refractivity contribution in [3.05, 3.63) is 35.7 Å². The van der Waals surface area contributed by atoms with Gasteiger partial charge in [0.15, 0.2) is 15.7 Å². The molecule has 31 heavy (non-hydrogen) atoms. The van der Waals surface area contributed by atoms with E-state index in [-0.39, 0.29) is 17.3 Å². The van der Waals surface area contributed by atoms with Gasteiger partial charge in [-0.05, 0) is 66.7 Å². The number of fused-ring (bicyclic) bond motifs is 1. The number of aromatic nitrogens is 3. The maximum Gasteiger partial charge on any atom is 0.189 e. The number of H-pyrrole nitrogens is 1. The minimum absolute atomic E-state index is 0.0142. The van der Waals surface area contributed by atoms with Gasteiger partial charge >= 0.3 is 0 Å². The summed E-state index contributed by atoms with van der Waals surface area (Å²) >= 11 is 0. The van der Waals surface area contributed by atoms with Gasteiger partial charge in [-0.1, -0.05) is 0 Å².